The highest BCUT2D eigenvalue weighted by Gasteiger charge is 1.90. The van der Waals surface area contributed by atoms with Gasteiger partial charge < -0.3 is 5.11 Å². The van der Waals surface area contributed by atoms with Gasteiger partial charge in [0.25, 0.3) is 0 Å². The minimum Gasteiger partial charge on any atom is -0.478 e. The lowest BCUT2D eigenvalue weighted by molar-refractivity contribution is -0.132. The topological polar surface area (TPSA) is 37.3 Å². The van der Waals surface area contributed by atoms with Crippen molar-refractivity contribution >= 4 is 18.1 Å². The van der Waals surface area contributed by atoms with E-state index in [2.05, 4.69) is 55.1 Å². The van der Waals surface area contributed by atoms with E-state index >= 15 is 0 Å². The van der Waals surface area contributed by atoms with Crippen LogP contribution in [0, 0.1) is 0 Å². The van der Waals surface area contributed by atoms with Gasteiger partial charge in [-0.3, -0.25) is 0 Å². The van der Waals surface area contributed by atoms with Crippen molar-refractivity contribution < 1.29 is 9.90 Å². The summed E-state index contributed by atoms with van der Waals surface area (Å²) in [4.78, 5) is 9.60. The third kappa shape index (κ3) is 7.65. The van der Waals surface area contributed by atoms with Crippen LogP contribution in [0.25, 0.3) is 12.2 Å². The van der Waals surface area contributed by atoms with Crippen molar-refractivity contribution in [1.29, 1.82) is 0 Å². The lowest BCUT2D eigenvalue weighted by atomic mass is 10.2. The highest BCUT2D eigenvalue weighted by molar-refractivity contribution is 5.84. The second-order valence-corrected chi connectivity index (χ2v) is 4.63. The van der Waals surface area contributed by atoms with E-state index in [1.807, 2.05) is 36.4 Å². The average Bonchev–Trinajstić information content (AvgIpc) is 2.54. The molecule has 0 saturated carbocycles. The number of carboxylic acid groups (broad SMARTS) is 1. The molecule has 112 valence electrons. The zero-order chi connectivity index (χ0) is 16.2. The van der Waals surface area contributed by atoms with E-state index < -0.39 is 5.97 Å². The Labute approximate surface area is 131 Å². The first-order chi connectivity index (χ1) is 10.6. The number of hydrogen-bond acceptors (Lipinski definition) is 1. The Kier molecular flexibility index (Phi) is 7.77. The van der Waals surface area contributed by atoms with Gasteiger partial charge in [-0.25, -0.2) is 4.79 Å². The van der Waals surface area contributed by atoms with Gasteiger partial charge in [-0.15, -0.1) is 0 Å². The van der Waals surface area contributed by atoms with Gasteiger partial charge in [0.2, 0.25) is 0 Å². The molecule has 1 N–H and O–H groups in total. The predicted octanol–water partition coefficient (Wildman–Crippen LogP) is 5.06. The minimum atomic E-state index is -0.935. The molecule has 0 aromatic heterocycles. The molecule has 0 heterocycles. The normalized spacial score (nSPS) is 10.2. The highest BCUT2D eigenvalue weighted by atomic mass is 16.4. The first kappa shape index (κ1) is 17.2. The van der Waals surface area contributed by atoms with Gasteiger partial charge in [0, 0.05) is 5.57 Å². The molecule has 0 spiro atoms. The molecule has 0 atom stereocenters. The number of aliphatic carboxylic acids is 1. The molecule has 22 heavy (non-hydrogen) atoms. The van der Waals surface area contributed by atoms with Crippen LogP contribution in [0.2, 0.25) is 0 Å². The molecule has 0 aliphatic rings. The Morgan fingerprint density at radius 2 is 1.18 bits per heavy atom. The highest BCUT2D eigenvalue weighted by Crippen LogP contribution is 2.03. The van der Waals surface area contributed by atoms with E-state index in [0.717, 1.165) is 0 Å². The Balaban J connectivity index is 0.000000346. The van der Waals surface area contributed by atoms with E-state index in [4.69, 9.17) is 5.11 Å². The summed E-state index contributed by atoms with van der Waals surface area (Å²) in [6, 6.07) is 20.6. The standard InChI is InChI=1S/C16H14.C4H6O2/c1-3-9-15(10-4-1)13-7-8-14-16-11-5-2-6-12-16;1-3(2)4(5)6/h1-14H;1H2,2H3,(H,5,6). The van der Waals surface area contributed by atoms with Crippen LogP contribution in [0.15, 0.2) is 85.0 Å². The maximum atomic E-state index is 9.60. The Morgan fingerprint density at radius 3 is 1.45 bits per heavy atom. The van der Waals surface area contributed by atoms with Crippen molar-refractivity contribution in [3.8, 4) is 0 Å². The Hall–Kier alpha value is -2.87. The lowest BCUT2D eigenvalue weighted by Crippen LogP contribution is -1.92. The van der Waals surface area contributed by atoms with Crippen LogP contribution in [0.4, 0.5) is 0 Å². The largest absolute Gasteiger partial charge is 0.478 e. The molecule has 0 aliphatic heterocycles. The Bertz CT molecular complexity index is 578. The quantitative estimate of drug-likeness (QED) is 0.631. The second-order valence-electron chi connectivity index (χ2n) is 4.63. The smallest absolute Gasteiger partial charge is 0.330 e. The summed E-state index contributed by atoms with van der Waals surface area (Å²) in [7, 11) is 0. The molecule has 0 amide bonds. The molecule has 2 heteroatoms. The summed E-state index contributed by atoms with van der Waals surface area (Å²) in [5, 5.41) is 7.89. The van der Waals surface area contributed by atoms with Crippen LogP contribution < -0.4 is 0 Å². The van der Waals surface area contributed by atoms with Gasteiger partial charge >= 0.3 is 5.97 Å². The second kappa shape index (κ2) is 9.94. The van der Waals surface area contributed by atoms with Gasteiger partial charge in [-0.2, -0.15) is 0 Å². The molecule has 2 nitrogen and oxygen atoms in total. The average molecular weight is 292 g/mol. The molecule has 0 saturated heterocycles. The SMILES string of the molecule is C(C=Cc1ccccc1)=Cc1ccccc1.C=C(C)C(=O)O. The summed E-state index contributed by atoms with van der Waals surface area (Å²) in [6.07, 6.45) is 8.31. The zero-order valence-corrected chi connectivity index (χ0v) is 12.6. The van der Waals surface area contributed by atoms with Crippen molar-refractivity contribution in [3.63, 3.8) is 0 Å². The maximum Gasteiger partial charge on any atom is 0.330 e. The van der Waals surface area contributed by atoms with Gasteiger partial charge in [0.1, 0.15) is 0 Å². The molecule has 0 unspecified atom stereocenters. The summed E-state index contributed by atoms with van der Waals surface area (Å²) in [5.41, 5.74) is 2.62. The number of hydrogen-bond donors (Lipinski definition) is 1. The number of carboxylic acids is 1. The first-order valence-corrected chi connectivity index (χ1v) is 6.93. The summed E-state index contributed by atoms with van der Waals surface area (Å²) >= 11 is 0. The molecule has 0 fully saturated rings. The summed E-state index contributed by atoms with van der Waals surface area (Å²) < 4.78 is 0. The molecule has 2 rings (SSSR count). The van der Waals surface area contributed by atoms with Crippen LogP contribution in [-0.2, 0) is 4.79 Å². The van der Waals surface area contributed by atoms with Crippen LogP contribution in [-0.4, -0.2) is 11.1 Å². The fourth-order valence-corrected chi connectivity index (χ4v) is 1.46. The molecule has 0 radical (unpaired) electrons. The number of carbonyl (C=O) groups is 1. The maximum absolute atomic E-state index is 9.60. The van der Waals surface area contributed by atoms with Gasteiger partial charge in [0.15, 0.2) is 0 Å². The Morgan fingerprint density at radius 1 is 0.864 bits per heavy atom. The monoisotopic (exact) mass is 292 g/mol. The molecule has 0 bridgehead atoms. The molecule has 2 aromatic carbocycles. The first-order valence-electron chi connectivity index (χ1n) is 6.93. The zero-order valence-electron chi connectivity index (χ0n) is 12.6. The van der Waals surface area contributed by atoms with Crippen LogP contribution in [0.1, 0.15) is 18.1 Å². The summed E-state index contributed by atoms with van der Waals surface area (Å²) in [5.74, 6) is -0.935. The van der Waals surface area contributed by atoms with Gasteiger partial charge in [-0.1, -0.05) is 91.5 Å². The minimum absolute atomic E-state index is 0.176. The van der Waals surface area contributed by atoms with Crippen LogP contribution in [0.5, 0.6) is 0 Å². The van der Waals surface area contributed by atoms with E-state index in [0.29, 0.717) is 0 Å². The molecule has 0 aliphatic carbocycles. The van der Waals surface area contributed by atoms with Crippen molar-refractivity contribution in [2.75, 3.05) is 0 Å². The summed E-state index contributed by atoms with van der Waals surface area (Å²) in [6.45, 7) is 4.60. The molecular formula is C20H20O2. The number of rotatable bonds is 4. The fourth-order valence-electron chi connectivity index (χ4n) is 1.46. The predicted molar refractivity (Wildman–Crippen MR) is 93.4 cm³/mol. The van der Waals surface area contributed by atoms with Gasteiger partial charge in [0.05, 0.1) is 0 Å². The van der Waals surface area contributed by atoms with Crippen molar-refractivity contribution in [3.05, 3.63) is 96.1 Å². The third-order valence-corrected chi connectivity index (χ3v) is 2.65. The molecular weight excluding hydrogens is 272 g/mol. The van der Waals surface area contributed by atoms with Crippen molar-refractivity contribution in [2.24, 2.45) is 0 Å². The lowest BCUT2D eigenvalue weighted by Gasteiger charge is -1.90. The van der Waals surface area contributed by atoms with E-state index in [9.17, 15) is 4.79 Å². The van der Waals surface area contributed by atoms with E-state index in [1.54, 1.807) is 0 Å². The number of allylic oxidation sites excluding steroid dienone is 2. The fraction of sp³-hybridized carbons (Fsp3) is 0.0500. The number of benzene rings is 2. The van der Waals surface area contributed by atoms with Gasteiger partial charge in [-0.05, 0) is 18.1 Å². The molecule has 2 aromatic rings. The van der Waals surface area contributed by atoms with E-state index in [-0.39, 0.29) is 5.57 Å². The van der Waals surface area contributed by atoms with Crippen LogP contribution >= 0.6 is 0 Å². The van der Waals surface area contributed by atoms with Crippen LogP contribution in [0.3, 0.4) is 0 Å². The van der Waals surface area contributed by atoms with Crippen molar-refractivity contribution in [1.82, 2.24) is 0 Å². The van der Waals surface area contributed by atoms with E-state index in [1.165, 1.54) is 18.1 Å². The van der Waals surface area contributed by atoms with Crippen molar-refractivity contribution in [2.45, 2.75) is 6.92 Å². The third-order valence-electron chi connectivity index (χ3n) is 2.65.